The largest absolute Gasteiger partial charge is 0.496 e. The van der Waals surface area contributed by atoms with Gasteiger partial charge in [0.2, 0.25) is 0 Å². The first-order valence-corrected chi connectivity index (χ1v) is 9.16. The van der Waals surface area contributed by atoms with E-state index in [2.05, 4.69) is 15.4 Å². The molecule has 0 saturated carbocycles. The SMILES string of the molecule is COc1cc(F)ccc1-c1cc(COC(=O)Nc2ccc3c(c2)ncn3C)nn1C. The van der Waals surface area contributed by atoms with Crippen molar-refractivity contribution in [3.05, 3.63) is 60.3 Å². The minimum Gasteiger partial charge on any atom is -0.496 e. The number of amides is 1. The van der Waals surface area contributed by atoms with Crippen molar-refractivity contribution >= 4 is 22.8 Å². The molecule has 0 aliphatic carbocycles. The zero-order valence-electron chi connectivity index (χ0n) is 16.7. The highest BCUT2D eigenvalue weighted by molar-refractivity contribution is 5.88. The van der Waals surface area contributed by atoms with Gasteiger partial charge in [-0.05, 0) is 36.4 Å². The Morgan fingerprint density at radius 2 is 2.00 bits per heavy atom. The van der Waals surface area contributed by atoms with Gasteiger partial charge in [0.25, 0.3) is 0 Å². The van der Waals surface area contributed by atoms with Crippen molar-refractivity contribution in [2.45, 2.75) is 6.61 Å². The molecule has 9 heteroatoms. The smallest absolute Gasteiger partial charge is 0.412 e. The van der Waals surface area contributed by atoms with E-state index in [9.17, 15) is 9.18 Å². The van der Waals surface area contributed by atoms with Crippen molar-refractivity contribution in [2.24, 2.45) is 14.1 Å². The molecule has 0 fully saturated rings. The van der Waals surface area contributed by atoms with Gasteiger partial charge in [-0.15, -0.1) is 0 Å². The summed E-state index contributed by atoms with van der Waals surface area (Å²) < 4.78 is 27.5. The van der Waals surface area contributed by atoms with Gasteiger partial charge >= 0.3 is 6.09 Å². The second-order valence-corrected chi connectivity index (χ2v) is 6.75. The van der Waals surface area contributed by atoms with Crippen molar-refractivity contribution in [3.8, 4) is 17.0 Å². The van der Waals surface area contributed by atoms with Crippen LogP contribution < -0.4 is 10.1 Å². The third-order valence-electron chi connectivity index (χ3n) is 4.69. The van der Waals surface area contributed by atoms with Crippen LogP contribution in [0.5, 0.6) is 5.75 Å². The van der Waals surface area contributed by atoms with Crippen LogP contribution in [0.15, 0.2) is 48.8 Å². The highest BCUT2D eigenvalue weighted by Gasteiger charge is 2.14. The van der Waals surface area contributed by atoms with Crippen LogP contribution in [0.2, 0.25) is 0 Å². The van der Waals surface area contributed by atoms with E-state index in [1.165, 1.54) is 19.2 Å². The summed E-state index contributed by atoms with van der Waals surface area (Å²) in [4.78, 5) is 16.4. The maximum Gasteiger partial charge on any atom is 0.412 e. The van der Waals surface area contributed by atoms with E-state index in [1.807, 2.05) is 17.7 Å². The first-order chi connectivity index (χ1) is 14.4. The third-order valence-corrected chi connectivity index (χ3v) is 4.69. The lowest BCUT2D eigenvalue weighted by Crippen LogP contribution is -2.13. The number of fused-ring (bicyclic) bond motifs is 1. The van der Waals surface area contributed by atoms with Gasteiger partial charge in [-0.2, -0.15) is 5.10 Å². The van der Waals surface area contributed by atoms with Crippen LogP contribution in [0, 0.1) is 5.82 Å². The summed E-state index contributed by atoms with van der Waals surface area (Å²) in [6, 6.07) is 11.5. The molecular weight excluding hydrogens is 389 g/mol. The molecule has 0 unspecified atom stereocenters. The third kappa shape index (κ3) is 3.82. The van der Waals surface area contributed by atoms with Crippen molar-refractivity contribution in [1.29, 1.82) is 0 Å². The minimum atomic E-state index is -0.600. The number of hydrogen-bond donors (Lipinski definition) is 1. The molecule has 0 radical (unpaired) electrons. The number of rotatable bonds is 5. The second kappa shape index (κ2) is 7.86. The number of nitrogens with one attached hydrogen (secondary N) is 1. The molecule has 30 heavy (non-hydrogen) atoms. The molecule has 4 rings (SSSR count). The number of nitrogens with zero attached hydrogens (tertiary/aromatic N) is 4. The topological polar surface area (TPSA) is 83.2 Å². The summed E-state index contributed by atoms with van der Waals surface area (Å²) in [5.74, 6) is 0.00927. The number of anilines is 1. The summed E-state index contributed by atoms with van der Waals surface area (Å²) in [7, 11) is 5.13. The summed E-state index contributed by atoms with van der Waals surface area (Å²) >= 11 is 0. The van der Waals surface area contributed by atoms with Crippen LogP contribution in [0.25, 0.3) is 22.3 Å². The van der Waals surface area contributed by atoms with E-state index in [1.54, 1.807) is 42.3 Å². The van der Waals surface area contributed by atoms with Gasteiger partial charge in [-0.1, -0.05) is 0 Å². The molecule has 2 aromatic heterocycles. The van der Waals surface area contributed by atoms with Crippen LogP contribution in [0.4, 0.5) is 14.9 Å². The lowest BCUT2D eigenvalue weighted by Gasteiger charge is -2.08. The average Bonchev–Trinajstić information content (AvgIpc) is 3.28. The summed E-state index contributed by atoms with van der Waals surface area (Å²) in [5.41, 5.74) is 4.28. The fourth-order valence-electron chi connectivity index (χ4n) is 3.23. The van der Waals surface area contributed by atoms with Crippen LogP contribution in [0.3, 0.4) is 0 Å². The van der Waals surface area contributed by atoms with E-state index in [-0.39, 0.29) is 12.4 Å². The molecule has 1 amide bonds. The molecule has 2 heterocycles. The highest BCUT2D eigenvalue weighted by atomic mass is 19.1. The predicted octanol–water partition coefficient (Wildman–Crippen LogP) is 3.87. The molecule has 0 spiro atoms. The van der Waals surface area contributed by atoms with E-state index in [0.717, 1.165) is 11.0 Å². The first kappa shape index (κ1) is 19.4. The molecule has 0 aliphatic rings. The Morgan fingerprint density at radius 1 is 1.17 bits per heavy atom. The Balaban J connectivity index is 1.43. The summed E-state index contributed by atoms with van der Waals surface area (Å²) in [6.45, 7) is -0.0188. The van der Waals surface area contributed by atoms with Gasteiger partial charge in [-0.25, -0.2) is 14.2 Å². The predicted molar refractivity (Wildman–Crippen MR) is 110 cm³/mol. The number of hydrogen-bond acceptors (Lipinski definition) is 5. The van der Waals surface area contributed by atoms with Gasteiger partial charge in [0.05, 0.1) is 30.2 Å². The van der Waals surface area contributed by atoms with Crippen LogP contribution in [-0.2, 0) is 25.4 Å². The Morgan fingerprint density at radius 3 is 2.80 bits per heavy atom. The normalized spacial score (nSPS) is 10.9. The number of carbonyl (C=O) groups excluding carboxylic acids is 1. The summed E-state index contributed by atoms with van der Waals surface area (Å²) in [6.07, 6.45) is 1.11. The molecule has 0 bridgehead atoms. The molecular formula is C21H20FN5O3. The Kier molecular flexibility index (Phi) is 5.09. The number of benzene rings is 2. The Bertz CT molecular complexity index is 1230. The molecule has 154 valence electrons. The molecule has 1 N–H and O–H groups in total. The zero-order chi connectivity index (χ0) is 21.3. The minimum absolute atomic E-state index is 0.0188. The second-order valence-electron chi connectivity index (χ2n) is 6.75. The number of aromatic nitrogens is 4. The summed E-state index contributed by atoms with van der Waals surface area (Å²) in [5, 5.41) is 7.04. The molecule has 0 atom stereocenters. The maximum atomic E-state index is 13.5. The van der Waals surface area contributed by atoms with E-state index < -0.39 is 6.09 Å². The van der Waals surface area contributed by atoms with Gasteiger partial charge in [0, 0.05) is 31.4 Å². The average molecular weight is 409 g/mol. The quantitative estimate of drug-likeness (QED) is 0.541. The Hall–Kier alpha value is -3.88. The molecule has 2 aromatic carbocycles. The monoisotopic (exact) mass is 409 g/mol. The van der Waals surface area contributed by atoms with Crippen molar-refractivity contribution in [2.75, 3.05) is 12.4 Å². The lowest BCUT2D eigenvalue weighted by molar-refractivity contribution is 0.153. The highest BCUT2D eigenvalue weighted by Crippen LogP contribution is 2.31. The number of imidazole rings is 1. The molecule has 0 saturated heterocycles. The number of methoxy groups -OCH3 is 1. The Labute approximate surface area is 171 Å². The van der Waals surface area contributed by atoms with E-state index in [4.69, 9.17) is 9.47 Å². The standard InChI is InChI=1S/C21H20FN5O3/c1-26-12-23-17-9-14(5-7-18(17)26)24-21(28)30-11-15-10-19(27(2)25-15)16-6-4-13(22)8-20(16)29-3/h4-10,12H,11H2,1-3H3,(H,24,28). The lowest BCUT2D eigenvalue weighted by atomic mass is 10.1. The fraction of sp³-hybridized carbons (Fsp3) is 0.190. The molecule has 0 aliphatic heterocycles. The number of carbonyl (C=O) groups is 1. The number of halogens is 1. The van der Waals surface area contributed by atoms with E-state index in [0.29, 0.717) is 28.4 Å². The van der Waals surface area contributed by atoms with Gasteiger partial charge < -0.3 is 14.0 Å². The molecule has 8 nitrogen and oxygen atoms in total. The van der Waals surface area contributed by atoms with Crippen molar-refractivity contribution in [3.63, 3.8) is 0 Å². The maximum absolute atomic E-state index is 13.5. The molecule has 4 aromatic rings. The van der Waals surface area contributed by atoms with Crippen molar-refractivity contribution in [1.82, 2.24) is 19.3 Å². The van der Waals surface area contributed by atoms with Gasteiger partial charge in [-0.3, -0.25) is 10.00 Å². The van der Waals surface area contributed by atoms with Crippen molar-refractivity contribution < 1.29 is 18.7 Å². The van der Waals surface area contributed by atoms with Gasteiger partial charge in [0.1, 0.15) is 23.9 Å². The van der Waals surface area contributed by atoms with Gasteiger partial charge in [0.15, 0.2) is 0 Å². The number of ether oxygens (including phenoxy) is 2. The zero-order valence-corrected chi connectivity index (χ0v) is 16.7. The fourth-order valence-corrected chi connectivity index (χ4v) is 3.23. The van der Waals surface area contributed by atoms with Crippen LogP contribution in [0.1, 0.15) is 5.69 Å². The van der Waals surface area contributed by atoms with Crippen LogP contribution >= 0.6 is 0 Å². The van der Waals surface area contributed by atoms with Crippen LogP contribution in [-0.4, -0.2) is 32.5 Å². The first-order valence-electron chi connectivity index (χ1n) is 9.16. The number of aryl methyl sites for hydroxylation is 2. The van der Waals surface area contributed by atoms with E-state index >= 15 is 0 Å².